The Morgan fingerprint density at radius 1 is 1.10 bits per heavy atom. The van der Waals surface area contributed by atoms with Crippen molar-refractivity contribution in [3.63, 3.8) is 0 Å². The van der Waals surface area contributed by atoms with Gasteiger partial charge in [-0.15, -0.1) is 0 Å². The van der Waals surface area contributed by atoms with Crippen LogP contribution in [0.2, 0.25) is 0 Å². The summed E-state index contributed by atoms with van der Waals surface area (Å²) < 4.78 is 5.43. The molecule has 2 aromatic rings. The van der Waals surface area contributed by atoms with E-state index in [4.69, 9.17) is 10.5 Å². The fraction of sp³-hybridized carbons (Fsp3) is 0.400. The lowest BCUT2D eigenvalue weighted by Crippen LogP contribution is -2.35. The minimum Gasteiger partial charge on any atom is -0.391 e. The molecule has 0 unspecified atom stereocenters. The van der Waals surface area contributed by atoms with Gasteiger partial charge in [0.1, 0.15) is 0 Å². The fourth-order valence-electron chi connectivity index (χ4n) is 3.85. The molecule has 0 aromatic heterocycles. The molecule has 0 aliphatic carbocycles. The Bertz CT molecular complexity index is 926. The Hall–Kier alpha value is -2.63. The molecule has 1 aliphatic heterocycles. The Morgan fingerprint density at radius 2 is 1.77 bits per heavy atom. The Labute approximate surface area is 179 Å². The monoisotopic (exact) mass is 407 g/mol. The summed E-state index contributed by atoms with van der Waals surface area (Å²) in [6, 6.07) is 13.2. The van der Waals surface area contributed by atoms with Gasteiger partial charge in [0.15, 0.2) is 0 Å². The summed E-state index contributed by atoms with van der Waals surface area (Å²) in [5, 5.41) is 3.05. The van der Waals surface area contributed by atoms with Crippen LogP contribution in [-0.4, -0.2) is 44.2 Å². The van der Waals surface area contributed by atoms with Gasteiger partial charge in [-0.3, -0.25) is 9.69 Å². The van der Waals surface area contributed by atoms with Crippen LogP contribution >= 0.6 is 0 Å². The molecule has 0 radical (unpaired) electrons. The number of amides is 1. The van der Waals surface area contributed by atoms with Crippen LogP contribution in [-0.2, 0) is 22.5 Å². The minimum atomic E-state index is -0.378. The number of benzene rings is 2. The lowest BCUT2D eigenvalue weighted by Gasteiger charge is -2.26. The second-order valence-electron chi connectivity index (χ2n) is 8.06. The van der Waals surface area contributed by atoms with Gasteiger partial charge in [0.2, 0.25) is 5.91 Å². The molecule has 2 aromatic carbocycles. The zero-order chi connectivity index (χ0) is 21.7. The summed E-state index contributed by atoms with van der Waals surface area (Å²) in [6.07, 6.45) is 0.525. The fourth-order valence-corrected chi connectivity index (χ4v) is 3.85. The number of carbonyl (C=O) groups is 1. The smallest absolute Gasteiger partial charge is 0.246 e. The van der Waals surface area contributed by atoms with Gasteiger partial charge in [0, 0.05) is 44.4 Å². The van der Waals surface area contributed by atoms with E-state index in [1.54, 1.807) is 0 Å². The highest BCUT2D eigenvalue weighted by atomic mass is 16.5. The zero-order valence-corrected chi connectivity index (χ0v) is 18.5. The van der Waals surface area contributed by atoms with E-state index in [1.807, 2.05) is 14.0 Å². The number of primary amides is 1. The van der Waals surface area contributed by atoms with Gasteiger partial charge in [-0.1, -0.05) is 36.4 Å². The molecule has 0 bridgehead atoms. The second kappa shape index (κ2) is 9.92. The van der Waals surface area contributed by atoms with Crippen molar-refractivity contribution in [3.8, 4) is 11.1 Å². The summed E-state index contributed by atoms with van der Waals surface area (Å²) in [6.45, 7) is 10.7. The van der Waals surface area contributed by atoms with Crippen LogP contribution in [0.5, 0.6) is 0 Å². The third-order valence-electron chi connectivity index (χ3n) is 6.06. The van der Waals surface area contributed by atoms with Crippen LogP contribution in [0.1, 0.15) is 29.2 Å². The summed E-state index contributed by atoms with van der Waals surface area (Å²) in [5.74, 6) is -0.378. The average molecular weight is 408 g/mol. The molecule has 30 heavy (non-hydrogen) atoms. The molecule has 1 saturated heterocycles. The van der Waals surface area contributed by atoms with E-state index in [0.29, 0.717) is 12.0 Å². The van der Waals surface area contributed by atoms with E-state index in [-0.39, 0.29) is 5.91 Å². The Balaban J connectivity index is 1.85. The predicted molar refractivity (Wildman–Crippen MR) is 122 cm³/mol. The van der Waals surface area contributed by atoms with Crippen LogP contribution < -0.4 is 11.1 Å². The van der Waals surface area contributed by atoms with Gasteiger partial charge in [-0.05, 0) is 54.2 Å². The molecule has 160 valence electrons. The van der Waals surface area contributed by atoms with Gasteiger partial charge in [0.25, 0.3) is 0 Å². The van der Waals surface area contributed by atoms with Gasteiger partial charge >= 0.3 is 0 Å². The number of rotatable bonds is 7. The standard InChI is InChI=1S/C25H33N3O2/c1-17-13-23(14-22(18(17)2)15-24(25(26)29)19(3)27-4)21-7-5-20(6-8-21)16-28-9-11-30-12-10-28/h5-8,13-14,27H,9-12,15-16H2,1-4H3,(H2,26,29)/b24-19-. The number of hydrogen-bond donors (Lipinski definition) is 2. The van der Waals surface area contributed by atoms with Crippen LogP contribution in [0.4, 0.5) is 0 Å². The van der Waals surface area contributed by atoms with Crippen molar-refractivity contribution >= 4 is 5.91 Å². The maximum absolute atomic E-state index is 12.0. The van der Waals surface area contributed by atoms with Crippen molar-refractivity contribution in [3.05, 3.63) is 69.9 Å². The number of morpholine rings is 1. The van der Waals surface area contributed by atoms with E-state index in [1.165, 1.54) is 22.3 Å². The number of nitrogens with two attached hydrogens (primary N) is 1. The number of nitrogens with zero attached hydrogens (tertiary/aromatic N) is 1. The number of nitrogens with one attached hydrogen (secondary N) is 1. The number of carbonyl (C=O) groups excluding carboxylic acids is 1. The maximum atomic E-state index is 12.0. The summed E-state index contributed by atoms with van der Waals surface area (Å²) >= 11 is 0. The molecule has 3 N–H and O–H groups in total. The van der Waals surface area contributed by atoms with Crippen molar-refractivity contribution < 1.29 is 9.53 Å². The number of hydrogen-bond acceptors (Lipinski definition) is 4. The number of aryl methyl sites for hydroxylation is 1. The number of ether oxygens (including phenoxy) is 1. The normalized spacial score (nSPS) is 15.6. The first-order chi connectivity index (χ1) is 14.4. The van der Waals surface area contributed by atoms with E-state index < -0.39 is 0 Å². The Kier molecular flexibility index (Phi) is 7.29. The van der Waals surface area contributed by atoms with Crippen LogP contribution in [0, 0.1) is 13.8 Å². The molecular formula is C25H33N3O2. The molecule has 0 atom stereocenters. The first-order valence-corrected chi connectivity index (χ1v) is 10.6. The summed E-state index contributed by atoms with van der Waals surface area (Å²) in [7, 11) is 1.81. The average Bonchev–Trinajstić information content (AvgIpc) is 2.75. The third kappa shape index (κ3) is 5.29. The predicted octanol–water partition coefficient (Wildman–Crippen LogP) is 3.32. The van der Waals surface area contributed by atoms with Gasteiger partial charge in [0.05, 0.1) is 13.2 Å². The molecule has 3 rings (SSSR count). The maximum Gasteiger partial charge on any atom is 0.246 e. The van der Waals surface area contributed by atoms with Gasteiger partial charge in [-0.2, -0.15) is 0 Å². The van der Waals surface area contributed by atoms with Crippen LogP contribution in [0.25, 0.3) is 11.1 Å². The molecule has 1 fully saturated rings. The SMILES string of the molecule is CN/C(C)=C(/Cc1cc(-c2ccc(CN3CCOCC3)cc2)cc(C)c1C)C(N)=O. The highest BCUT2D eigenvalue weighted by molar-refractivity contribution is 5.93. The second-order valence-corrected chi connectivity index (χ2v) is 8.06. The van der Waals surface area contributed by atoms with Crippen molar-refractivity contribution in [2.45, 2.75) is 33.7 Å². The molecule has 1 amide bonds. The zero-order valence-electron chi connectivity index (χ0n) is 18.5. The highest BCUT2D eigenvalue weighted by Gasteiger charge is 2.14. The molecule has 5 heteroatoms. The highest BCUT2D eigenvalue weighted by Crippen LogP contribution is 2.27. The first-order valence-electron chi connectivity index (χ1n) is 10.6. The van der Waals surface area contributed by atoms with E-state index >= 15 is 0 Å². The first kappa shape index (κ1) is 22.1. The third-order valence-corrected chi connectivity index (χ3v) is 6.06. The van der Waals surface area contributed by atoms with Crippen molar-refractivity contribution in [2.75, 3.05) is 33.4 Å². The van der Waals surface area contributed by atoms with Crippen molar-refractivity contribution in [1.29, 1.82) is 0 Å². The van der Waals surface area contributed by atoms with Crippen LogP contribution in [0.3, 0.4) is 0 Å². The summed E-state index contributed by atoms with van der Waals surface area (Å²) in [5.41, 5.74) is 14.3. The molecule has 1 aliphatic rings. The summed E-state index contributed by atoms with van der Waals surface area (Å²) in [4.78, 5) is 14.4. The lowest BCUT2D eigenvalue weighted by atomic mass is 9.91. The molecule has 1 heterocycles. The van der Waals surface area contributed by atoms with Gasteiger partial charge in [-0.25, -0.2) is 0 Å². The molecule has 0 spiro atoms. The largest absolute Gasteiger partial charge is 0.391 e. The van der Waals surface area contributed by atoms with Crippen LogP contribution in [0.15, 0.2) is 47.7 Å². The van der Waals surface area contributed by atoms with E-state index in [0.717, 1.165) is 49.7 Å². The lowest BCUT2D eigenvalue weighted by molar-refractivity contribution is -0.114. The number of allylic oxidation sites excluding steroid dienone is 1. The molecule has 5 nitrogen and oxygen atoms in total. The minimum absolute atomic E-state index is 0.378. The van der Waals surface area contributed by atoms with Crippen molar-refractivity contribution in [1.82, 2.24) is 10.2 Å². The topological polar surface area (TPSA) is 67.6 Å². The Morgan fingerprint density at radius 3 is 2.37 bits per heavy atom. The van der Waals surface area contributed by atoms with Crippen molar-refractivity contribution in [2.24, 2.45) is 5.73 Å². The van der Waals surface area contributed by atoms with E-state index in [2.05, 4.69) is 60.5 Å². The van der Waals surface area contributed by atoms with Gasteiger partial charge < -0.3 is 15.8 Å². The quantitative estimate of drug-likeness (QED) is 0.691. The molecule has 0 saturated carbocycles. The van der Waals surface area contributed by atoms with E-state index in [9.17, 15) is 4.79 Å². The molecular weight excluding hydrogens is 374 g/mol.